The molecule has 0 bridgehead atoms. The second kappa shape index (κ2) is 10.5. The fourth-order valence-electron chi connectivity index (χ4n) is 3.58. The maximum Gasteiger partial charge on any atom is 0.416 e. The number of nitrogens with two attached hydrogens (primary N) is 1. The molecule has 0 aliphatic rings. The van der Waals surface area contributed by atoms with E-state index < -0.39 is 11.7 Å². The van der Waals surface area contributed by atoms with Gasteiger partial charge in [0.1, 0.15) is 30.6 Å². The molecule has 8 nitrogen and oxygen atoms in total. The molecule has 4 rings (SSSR count). The van der Waals surface area contributed by atoms with Crippen LogP contribution in [0.1, 0.15) is 17.0 Å². The second-order valence-electron chi connectivity index (χ2n) is 7.83. The van der Waals surface area contributed by atoms with E-state index in [9.17, 15) is 13.2 Å². The SMILES string of the molecule is COc1cc2nc(C)nc(NCc3cc(N)cc(C(F)(F)F)c3)c2cc1OCCOc1ccncc1. The number of halogens is 3. The van der Waals surface area contributed by atoms with Gasteiger partial charge in [-0.25, -0.2) is 9.97 Å². The first-order valence-electron chi connectivity index (χ1n) is 11.0. The maximum absolute atomic E-state index is 13.2. The van der Waals surface area contributed by atoms with Crippen molar-refractivity contribution in [3.8, 4) is 17.2 Å². The Balaban J connectivity index is 1.55. The van der Waals surface area contributed by atoms with E-state index >= 15 is 0 Å². The zero-order chi connectivity index (χ0) is 25.7. The van der Waals surface area contributed by atoms with E-state index in [2.05, 4.69) is 20.3 Å². The largest absolute Gasteiger partial charge is 0.493 e. The van der Waals surface area contributed by atoms with E-state index in [-0.39, 0.29) is 25.4 Å². The van der Waals surface area contributed by atoms with E-state index in [4.69, 9.17) is 19.9 Å². The Labute approximate surface area is 205 Å². The Kier molecular flexibility index (Phi) is 7.28. The third-order valence-electron chi connectivity index (χ3n) is 5.15. The summed E-state index contributed by atoms with van der Waals surface area (Å²) in [6, 6.07) is 10.4. The maximum atomic E-state index is 13.2. The van der Waals surface area contributed by atoms with Crippen LogP contribution in [0.15, 0.2) is 54.9 Å². The number of benzene rings is 2. The molecule has 0 amide bonds. The van der Waals surface area contributed by atoms with Crippen molar-refractivity contribution in [2.45, 2.75) is 19.6 Å². The molecule has 0 saturated heterocycles. The minimum absolute atomic E-state index is 0.0276. The first-order valence-corrected chi connectivity index (χ1v) is 11.0. The molecule has 0 aliphatic carbocycles. The third-order valence-corrected chi connectivity index (χ3v) is 5.15. The number of anilines is 2. The number of pyridine rings is 1. The molecule has 2 aromatic heterocycles. The van der Waals surface area contributed by atoms with E-state index in [0.717, 1.165) is 12.1 Å². The highest BCUT2D eigenvalue weighted by Gasteiger charge is 2.31. The lowest BCUT2D eigenvalue weighted by Crippen LogP contribution is -2.10. The highest BCUT2D eigenvalue weighted by Crippen LogP contribution is 2.35. The number of methoxy groups -OCH3 is 1. The Morgan fingerprint density at radius 1 is 0.944 bits per heavy atom. The van der Waals surface area contributed by atoms with Gasteiger partial charge in [0.25, 0.3) is 0 Å². The number of hydrogen-bond donors (Lipinski definition) is 2. The Morgan fingerprint density at radius 2 is 1.69 bits per heavy atom. The van der Waals surface area contributed by atoms with Gasteiger partial charge in [0.2, 0.25) is 0 Å². The summed E-state index contributed by atoms with van der Waals surface area (Å²) in [5.74, 6) is 2.51. The summed E-state index contributed by atoms with van der Waals surface area (Å²) in [6.45, 7) is 2.32. The van der Waals surface area contributed by atoms with E-state index in [1.54, 1.807) is 43.6 Å². The second-order valence-corrected chi connectivity index (χ2v) is 7.83. The van der Waals surface area contributed by atoms with Crippen LogP contribution < -0.4 is 25.3 Å². The van der Waals surface area contributed by atoms with Crippen LogP contribution in [0.3, 0.4) is 0 Å². The Morgan fingerprint density at radius 3 is 2.42 bits per heavy atom. The molecular weight excluding hydrogens is 475 g/mol. The predicted molar refractivity (Wildman–Crippen MR) is 129 cm³/mol. The predicted octanol–water partition coefficient (Wildman–Crippen LogP) is 5.01. The van der Waals surface area contributed by atoms with Gasteiger partial charge < -0.3 is 25.3 Å². The van der Waals surface area contributed by atoms with Gasteiger partial charge in [0, 0.05) is 36.1 Å². The number of rotatable bonds is 9. The zero-order valence-corrected chi connectivity index (χ0v) is 19.6. The molecule has 0 atom stereocenters. The summed E-state index contributed by atoms with van der Waals surface area (Å²) in [7, 11) is 1.52. The van der Waals surface area contributed by atoms with Gasteiger partial charge in [-0.2, -0.15) is 13.2 Å². The van der Waals surface area contributed by atoms with Crippen molar-refractivity contribution in [1.82, 2.24) is 15.0 Å². The molecule has 0 saturated carbocycles. The average Bonchev–Trinajstić information content (AvgIpc) is 2.84. The first-order chi connectivity index (χ1) is 17.2. The molecule has 0 spiro atoms. The summed E-state index contributed by atoms with van der Waals surface area (Å²) >= 11 is 0. The molecule has 0 fully saturated rings. The summed E-state index contributed by atoms with van der Waals surface area (Å²) in [6.07, 6.45) is -1.23. The summed E-state index contributed by atoms with van der Waals surface area (Å²) < 4.78 is 56.5. The van der Waals surface area contributed by atoms with E-state index in [1.807, 2.05) is 0 Å². The summed E-state index contributed by atoms with van der Waals surface area (Å²) in [4.78, 5) is 12.8. The van der Waals surface area contributed by atoms with Crippen molar-refractivity contribution in [1.29, 1.82) is 0 Å². The molecule has 188 valence electrons. The van der Waals surface area contributed by atoms with Gasteiger partial charge in [-0.1, -0.05) is 0 Å². The number of aromatic nitrogens is 3. The lowest BCUT2D eigenvalue weighted by atomic mass is 10.1. The highest BCUT2D eigenvalue weighted by atomic mass is 19.4. The summed E-state index contributed by atoms with van der Waals surface area (Å²) in [5, 5.41) is 3.72. The molecule has 0 unspecified atom stereocenters. The van der Waals surface area contributed by atoms with Crippen LogP contribution in [0.2, 0.25) is 0 Å². The summed E-state index contributed by atoms with van der Waals surface area (Å²) in [5.41, 5.74) is 5.86. The van der Waals surface area contributed by atoms with Crippen LogP contribution in [-0.4, -0.2) is 35.3 Å². The Bertz CT molecular complexity index is 1350. The van der Waals surface area contributed by atoms with Crippen LogP contribution >= 0.6 is 0 Å². The van der Waals surface area contributed by atoms with Crippen LogP contribution in [0.25, 0.3) is 10.9 Å². The number of ether oxygens (including phenoxy) is 3. The van der Waals surface area contributed by atoms with Crippen molar-refractivity contribution < 1.29 is 27.4 Å². The van der Waals surface area contributed by atoms with Crippen LogP contribution in [-0.2, 0) is 12.7 Å². The van der Waals surface area contributed by atoms with Crippen molar-refractivity contribution >= 4 is 22.4 Å². The number of hydrogen-bond acceptors (Lipinski definition) is 8. The molecule has 36 heavy (non-hydrogen) atoms. The molecule has 2 heterocycles. The fourth-order valence-corrected chi connectivity index (χ4v) is 3.58. The van der Waals surface area contributed by atoms with Gasteiger partial charge >= 0.3 is 6.18 Å². The van der Waals surface area contributed by atoms with E-state index in [1.165, 1.54) is 13.2 Å². The standard InChI is InChI=1S/C25H24F3N5O3/c1-15-32-21-13-22(34-2)23(36-8-7-35-19-3-5-30-6-4-19)12-20(21)24(33-15)31-14-16-9-17(25(26,27)28)11-18(29)10-16/h3-6,9-13H,7-8,14,29H2,1-2H3,(H,31,32,33). The van der Waals surface area contributed by atoms with Crippen LogP contribution in [0.5, 0.6) is 17.2 Å². The monoisotopic (exact) mass is 499 g/mol. The van der Waals surface area contributed by atoms with Crippen molar-refractivity contribution in [2.24, 2.45) is 0 Å². The zero-order valence-electron chi connectivity index (χ0n) is 19.6. The minimum Gasteiger partial charge on any atom is -0.493 e. The number of nitrogens with zero attached hydrogens (tertiary/aromatic N) is 3. The quantitative estimate of drug-likeness (QED) is 0.245. The fraction of sp³-hybridized carbons (Fsp3) is 0.240. The average molecular weight is 499 g/mol. The molecular formula is C25H24F3N5O3. The topological polar surface area (TPSA) is 104 Å². The number of fused-ring (bicyclic) bond motifs is 1. The smallest absolute Gasteiger partial charge is 0.416 e. The number of alkyl halides is 3. The van der Waals surface area contributed by atoms with Gasteiger partial charge in [0.15, 0.2) is 11.5 Å². The molecule has 2 aromatic carbocycles. The molecule has 4 aromatic rings. The van der Waals surface area contributed by atoms with Gasteiger partial charge in [-0.3, -0.25) is 4.98 Å². The number of nitrogens with one attached hydrogen (secondary N) is 1. The number of aryl methyl sites for hydroxylation is 1. The number of nitrogen functional groups attached to an aromatic ring is 1. The molecule has 3 N–H and O–H groups in total. The highest BCUT2D eigenvalue weighted by molar-refractivity contribution is 5.91. The molecule has 0 radical (unpaired) electrons. The van der Waals surface area contributed by atoms with Gasteiger partial charge in [0.05, 0.1) is 18.2 Å². The molecule has 11 heteroatoms. The minimum atomic E-state index is -4.49. The lowest BCUT2D eigenvalue weighted by Gasteiger charge is -2.15. The van der Waals surface area contributed by atoms with Gasteiger partial charge in [-0.05, 0) is 48.9 Å². The molecule has 0 aliphatic heterocycles. The van der Waals surface area contributed by atoms with Crippen molar-refractivity contribution in [3.63, 3.8) is 0 Å². The van der Waals surface area contributed by atoms with Crippen LogP contribution in [0.4, 0.5) is 24.7 Å². The third kappa shape index (κ3) is 6.04. The normalized spacial score (nSPS) is 11.4. The van der Waals surface area contributed by atoms with E-state index in [0.29, 0.717) is 45.4 Å². The van der Waals surface area contributed by atoms with Gasteiger partial charge in [-0.15, -0.1) is 0 Å². The van der Waals surface area contributed by atoms with Crippen LogP contribution in [0, 0.1) is 6.92 Å². The first kappa shape index (κ1) is 24.8. The van der Waals surface area contributed by atoms with Crippen molar-refractivity contribution in [3.05, 3.63) is 71.8 Å². The lowest BCUT2D eigenvalue weighted by molar-refractivity contribution is -0.137. The Hall–Kier alpha value is -4.28. The van der Waals surface area contributed by atoms with Crippen molar-refractivity contribution in [2.75, 3.05) is 31.4 Å².